The number of para-hydroxylation sites is 1. The van der Waals surface area contributed by atoms with Crippen LogP contribution in [0.3, 0.4) is 0 Å². The molecule has 0 aliphatic carbocycles. The third-order valence-corrected chi connectivity index (χ3v) is 6.64. The molecule has 0 radical (unpaired) electrons. The van der Waals surface area contributed by atoms with Gasteiger partial charge in [-0.3, -0.25) is 9.36 Å². The largest absolute Gasteiger partial charge is 0.493 e. The summed E-state index contributed by atoms with van der Waals surface area (Å²) in [5.41, 5.74) is 4.85. The number of benzene rings is 3. The predicted octanol–water partition coefficient (Wildman–Crippen LogP) is 5.50. The Morgan fingerprint density at radius 1 is 1.00 bits per heavy atom. The number of carbonyl (C=O) groups excluding carboxylic acids is 1. The second-order valence-corrected chi connectivity index (χ2v) is 9.06. The zero-order chi connectivity index (χ0) is 25.5. The van der Waals surface area contributed by atoms with Gasteiger partial charge in [0, 0.05) is 11.3 Å². The Bertz CT molecular complexity index is 1400. The van der Waals surface area contributed by atoms with Gasteiger partial charge in [-0.15, -0.1) is 10.2 Å². The number of aromatic nitrogens is 3. The highest BCUT2D eigenvalue weighted by Gasteiger charge is 2.18. The lowest BCUT2D eigenvalue weighted by Gasteiger charge is -2.12. The fourth-order valence-electron chi connectivity index (χ4n) is 3.27. The minimum Gasteiger partial charge on any atom is -0.493 e. The normalized spacial score (nSPS) is 11.0. The second kappa shape index (κ2) is 11.9. The summed E-state index contributed by atoms with van der Waals surface area (Å²) in [5.74, 6) is 1.57. The van der Waals surface area contributed by atoms with Crippen molar-refractivity contribution in [3.8, 4) is 28.6 Å². The summed E-state index contributed by atoms with van der Waals surface area (Å²) >= 11 is 13.2. The monoisotopic (exact) mass is 541 g/mol. The summed E-state index contributed by atoms with van der Waals surface area (Å²) in [6.45, 7) is 0. The van der Waals surface area contributed by atoms with Crippen LogP contribution in [0.25, 0.3) is 17.1 Å². The first-order valence-corrected chi connectivity index (χ1v) is 12.4. The molecule has 4 aromatic rings. The molecule has 1 aromatic heterocycles. The maximum Gasteiger partial charge on any atom is 0.250 e. The van der Waals surface area contributed by atoms with E-state index in [9.17, 15) is 4.79 Å². The van der Waals surface area contributed by atoms with Crippen LogP contribution in [0, 0.1) is 0 Å². The molecule has 184 valence electrons. The molecule has 0 aliphatic rings. The number of carbonyl (C=O) groups is 1. The highest BCUT2D eigenvalue weighted by molar-refractivity contribution is 7.99. The molecule has 0 bridgehead atoms. The van der Waals surface area contributed by atoms with Crippen LogP contribution in [0.4, 0.5) is 0 Å². The van der Waals surface area contributed by atoms with Gasteiger partial charge < -0.3 is 9.47 Å². The lowest BCUT2D eigenvalue weighted by atomic mass is 10.2. The van der Waals surface area contributed by atoms with Gasteiger partial charge >= 0.3 is 0 Å². The number of rotatable bonds is 9. The third-order valence-electron chi connectivity index (χ3n) is 4.97. The smallest absolute Gasteiger partial charge is 0.250 e. The van der Waals surface area contributed by atoms with Crippen molar-refractivity contribution in [3.05, 3.63) is 82.3 Å². The lowest BCUT2D eigenvalue weighted by Crippen LogP contribution is -2.20. The fraction of sp³-hybridized carbons (Fsp3) is 0.120. The SMILES string of the molecule is COc1ccc(-c2nnc(SCC(=O)NN=Cc3ccc(Cl)c(Cl)c3)n2-c2ccccc2)cc1OC. The summed E-state index contributed by atoms with van der Waals surface area (Å²) in [5, 5.41) is 14.1. The highest BCUT2D eigenvalue weighted by Crippen LogP contribution is 2.34. The minimum absolute atomic E-state index is 0.0790. The van der Waals surface area contributed by atoms with Crippen LogP contribution >= 0.6 is 35.0 Å². The Kier molecular flexibility index (Phi) is 8.48. The average molecular weight is 542 g/mol. The summed E-state index contributed by atoms with van der Waals surface area (Å²) in [7, 11) is 3.16. The van der Waals surface area contributed by atoms with Crippen LogP contribution < -0.4 is 14.9 Å². The van der Waals surface area contributed by atoms with Gasteiger partial charge in [0.05, 0.1) is 36.2 Å². The Morgan fingerprint density at radius 3 is 2.50 bits per heavy atom. The van der Waals surface area contributed by atoms with Gasteiger partial charge in [-0.05, 0) is 48.0 Å². The van der Waals surface area contributed by atoms with Crippen molar-refractivity contribution >= 4 is 47.1 Å². The van der Waals surface area contributed by atoms with Crippen molar-refractivity contribution in [1.29, 1.82) is 0 Å². The van der Waals surface area contributed by atoms with E-state index in [0.717, 1.165) is 11.3 Å². The molecule has 8 nitrogen and oxygen atoms in total. The molecule has 36 heavy (non-hydrogen) atoms. The number of hydrogen-bond acceptors (Lipinski definition) is 7. The van der Waals surface area contributed by atoms with Gasteiger partial charge in [-0.2, -0.15) is 5.10 Å². The van der Waals surface area contributed by atoms with E-state index < -0.39 is 0 Å². The summed E-state index contributed by atoms with van der Waals surface area (Å²) in [6.07, 6.45) is 1.49. The van der Waals surface area contributed by atoms with Crippen molar-refractivity contribution < 1.29 is 14.3 Å². The van der Waals surface area contributed by atoms with E-state index in [0.29, 0.717) is 38.1 Å². The summed E-state index contributed by atoms with van der Waals surface area (Å²) in [6, 6.07) is 20.3. The number of amides is 1. The third kappa shape index (κ3) is 5.99. The summed E-state index contributed by atoms with van der Waals surface area (Å²) in [4.78, 5) is 12.4. The summed E-state index contributed by atoms with van der Waals surface area (Å²) < 4.78 is 12.7. The number of thioether (sulfide) groups is 1. The molecule has 0 saturated carbocycles. The number of methoxy groups -OCH3 is 2. The molecule has 1 N–H and O–H groups in total. The van der Waals surface area contributed by atoms with Crippen molar-refractivity contribution in [2.45, 2.75) is 5.16 Å². The van der Waals surface area contributed by atoms with E-state index in [-0.39, 0.29) is 11.7 Å². The topological polar surface area (TPSA) is 90.6 Å². The van der Waals surface area contributed by atoms with Gasteiger partial charge in [0.15, 0.2) is 22.5 Å². The van der Waals surface area contributed by atoms with E-state index in [1.54, 1.807) is 32.4 Å². The molecule has 0 fully saturated rings. The number of halogens is 2. The van der Waals surface area contributed by atoms with E-state index in [1.165, 1.54) is 18.0 Å². The second-order valence-electron chi connectivity index (χ2n) is 7.30. The molecule has 0 atom stereocenters. The molecule has 0 saturated heterocycles. The first-order valence-electron chi connectivity index (χ1n) is 10.6. The zero-order valence-electron chi connectivity index (χ0n) is 19.3. The Morgan fingerprint density at radius 2 is 1.78 bits per heavy atom. The standard InChI is InChI=1S/C25H21Cl2N5O3S/c1-34-21-11-9-17(13-22(21)35-2)24-30-31-25(32(24)18-6-4-3-5-7-18)36-15-23(33)29-28-14-16-8-10-19(26)20(27)12-16/h3-14H,15H2,1-2H3,(H,29,33). The van der Waals surface area contributed by atoms with Gasteiger partial charge in [-0.25, -0.2) is 5.43 Å². The zero-order valence-corrected chi connectivity index (χ0v) is 21.6. The number of hydrazone groups is 1. The van der Waals surface area contributed by atoms with E-state index in [4.69, 9.17) is 32.7 Å². The van der Waals surface area contributed by atoms with Crippen molar-refractivity contribution in [1.82, 2.24) is 20.2 Å². The Balaban J connectivity index is 1.53. The fourth-order valence-corrected chi connectivity index (χ4v) is 4.32. The van der Waals surface area contributed by atoms with E-state index in [2.05, 4.69) is 20.7 Å². The molecule has 4 rings (SSSR count). The number of nitrogens with one attached hydrogen (secondary N) is 1. The van der Waals surface area contributed by atoms with Crippen LogP contribution in [0.15, 0.2) is 77.0 Å². The van der Waals surface area contributed by atoms with Crippen LogP contribution in [0.1, 0.15) is 5.56 Å². The molecule has 1 heterocycles. The molecule has 0 spiro atoms. The lowest BCUT2D eigenvalue weighted by molar-refractivity contribution is -0.118. The predicted molar refractivity (Wildman–Crippen MR) is 143 cm³/mol. The van der Waals surface area contributed by atoms with Crippen LogP contribution in [0.2, 0.25) is 10.0 Å². The first-order chi connectivity index (χ1) is 17.5. The van der Waals surface area contributed by atoms with E-state index in [1.807, 2.05) is 53.1 Å². The Hall–Kier alpha value is -3.53. The van der Waals surface area contributed by atoms with Gasteiger partial charge in [0.2, 0.25) is 0 Å². The molecular formula is C25H21Cl2N5O3S. The van der Waals surface area contributed by atoms with Crippen molar-refractivity contribution in [2.75, 3.05) is 20.0 Å². The molecule has 3 aromatic carbocycles. The van der Waals surface area contributed by atoms with Gasteiger partial charge in [0.25, 0.3) is 5.91 Å². The van der Waals surface area contributed by atoms with Crippen molar-refractivity contribution in [2.24, 2.45) is 5.10 Å². The maximum absolute atomic E-state index is 12.4. The molecule has 0 unspecified atom stereocenters. The Labute approximate surface area is 222 Å². The number of nitrogens with zero attached hydrogens (tertiary/aromatic N) is 4. The quantitative estimate of drug-likeness (QED) is 0.171. The molecule has 11 heteroatoms. The van der Waals surface area contributed by atoms with E-state index >= 15 is 0 Å². The molecule has 1 amide bonds. The number of ether oxygens (including phenoxy) is 2. The van der Waals surface area contributed by atoms with Crippen LogP contribution in [-0.2, 0) is 4.79 Å². The highest BCUT2D eigenvalue weighted by atomic mass is 35.5. The number of hydrogen-bond donors (Lipinski definition) is 1. The van der Waals surface area contributed by atoms with Gasteiger partial charge in [0.1, 0.15) is 0 Å². The minimum atomic E-state index is -0.299. The molecular weight excluding hydrogens is 521 g/mol. The van der Waals surface area contributed by atoms with Crippen LogP contribution in [0.5, 0.6) is 11.5 Å². The maximum atomic E-state index is 12.4. The molecule has 0 aliphatic heterocycles. The first kappa shape index (κ1) is 25.6. The van der Waals surface area contributed by atoms with Gasteiger partial charge in [-0.1, -0.05) is 59.2 Å². The van der Waals surface area contributed by atoms with Crippen LogP contribution in [-0.4, -0.2) is 46.9 Å². The van der Waals surface area contributed by atoms with Crippen molar-refractivity contribution in [3.63, 3.8) is 0 Å². The average Bonchev–Trinajstić information content (AvgIpc) is 3.33.